The summed E-state index contributed by atoms with van der Waals surface area (Å²) in [5.41, 5.74) is 6.59. The summed E-state index contributed by atoms with van der Waals surface area (Å²) in [5.74, 6) is 0.831. The molecule has 2 N–H and O–H groups in total. The second-order valence-corrected chi connectivity index (χ2v) is 5.02. The maximum absolute atomic E-state index is 5.62. The van der Waals surface area contributed by atoms with Crippen LogP contribution in [0.3, 0.4) is 0 Å². The number of benzene rings is 1. The molecule has 5 heteroatoms. The first kappa shape index (κ1) is 14.2. The third-order valence-corrected chi connectivity index (χ3v) is 3.04. The standard InChI is InChI=1S/C14H19NO3S/c15-14(19)9-11-1-3-12(4-2-11)17-7-8-18-13-5-6-16-10-13/h1-4,13H,5-10H2,(H2,15,19). The molecule has 0 amide bonds. The second-order valence-electron chi connectivity index (χ2n) is 4.49. The zero-order chi connectivity index (χ0) is 13.5. The van der Waals surface area contributed by atoms with Crippen LogP contribution in [-0.4, -0.2) is 37.5 Å². The first-order valence-corrected chi connectivity index (χ1v) is 6.84. The Balaban J connectivity index is 1.66. The minimum absolute atomic E-state index is 0.233. The molecule has 4 nitrogen and oxygen atoms in total. The van der Waals surface area contributed by atoms with E-state index in [9.17, 15) is 0 Å². The maximum atomic E-state index is 5.62. The van der Waals surface area contributed by atoms with Gasteiger partial charge in [0.25, 0.3) is 0 Å². The summed E-state index contributed by atoms with van der Waals surface area (Å²) < 4.78 is 16.4. The van der Waals surface area contributed by atoms with E-state index in [2.05, 4.69) is 0 Å². The fourth-order valence-corrected chi connectivity index (χ4v) is 2.09. The van der Waals surface area contributed by atoms with Crippen molar-refractivity contribution in [2.24, 2.45) is 5.73 Å². The number of rotatable bonds is 7. The molecule has 1 aromatic rings. The van der Waals surface area contributed by atoms with Crippen LogP contribution in [0.15, 0.2) is 24.3 Å². The Morgan fingerprint density at radius 1 is 1.32 bits per heavy atom. The first-order valence-electron chi connectivity index (χ1n) is 6.43. The molecule has 1 heterocycles. The molecule has 1 saturated heterocycles. The minimum Gasteiger partial charge on any atom is -0.491 e. The molecule has 1 unspecified atom stereocenters. The lowest BCUT2D eigenvalue weighted by molar-refractivity contribution is 0.0265. The van der Waals surface area contributed by atoms with Gasteiger partial charge in [0.05, 0.1) is 24.3 Å². The van der Waals surface area contributed by atoms with E-state index in [0.29, 0.717) is 31.2 Å². The minimum atomic E-state index is 0.233. The molecule has 1 aliphatic heterocycles. The summed E-state index contributed by atoms with van der Waals surface area (Å²) in [7, 11) is 0. The third-order valence-electron chi connectivity index (χ3n) is 2.90. The van der Waals surface area contributed by atoms with E-state index in [1.807, 2.05) is 24.3 Å². The normalized spacial score (nSPS) is 18.4. The Labute approximate surface area is 118 Å². The van der Waals surface area contributed by atoms with Crippen molar-refractivity contribution < 1.29 is 14.2 Å². The van der Waals surface area contributed by atoms with Gasteiger partial charge in [-0.3, -0.25) is 0 Å². The molecular formula is C14H19NO3S. The van der Waals surface area contributed by atoms with Crippen LogP contribution < -0.4 is 10.5 Å². The Morgan fingerprint density at radius 2 is 2.11 bits per heavy atom. The van der Waals surface area contributed by atoms with Gasteiger partial charge >= 0.3 is 0 Å². The summed E-state index contributed by atoms with van der Waals surface area (Å²) in [6.45, 7) is 2.64. The number of ether oxygens (including phenoxy) is 3. The zero-order valence-electron chi connectivity index (χ0n) is 10.8. The summed E-state index contributed by atoms with van der Waals surface area (Å²) >= 11 is 4.87. The van der Waals surface area contributed by atoms with E-state index >= 15 is 0 Å². The van der Waals surface area contributed by atoms with Gasteiger partial charge in [0.1, 0.15) is 12.4 Å². The fraction of sp³-hybridized carbons (Fsp3) is 0.500. The van der Waals surface area contributed by atoms with Crippen molar-refractivity contribution in [3.8, 4) is 5.75 Å². The van der Waals surface area contributed by atoms with Gasteiger partial charge in [-0.2, -0.15) is 0 Å². The van der Waals surface area contributed by atoms with Crippen molar-refractivity contribution in [3.63, 3.8) is 0 Å². The average molecular weight is 281 g/mol. The van der Waals surface area contributed by atoms with Crippen LogP contribution in [0.4, 0.5) is 0 Å². The topological polar surface area (TPSA) is 53.7 Å². The van der Waals surface area contributed by atoms with Crippen LogP contribution in [0.1, 0.15) is 12.0 Å². The molecule has 2 rings (SSSR count). The van der Waals surface area contributed by atoms with Crippen molar-refractivity contribution >= 4 is 17.2 Å². The van der Waals surface area contributed by atoms with Crippen LogP contribution in [0.2, 0.25) is 0 Å². The highest BCUT2D eigenvalue weighted by Gasteiger charge is 2.15. The van der Waals surface area contributed by atoms with Crippen molar-refractivity contribution in [1.82, 2.24) is 0 Å². The lowest BCUT2D eigenvalue weighted by Gasteiger charge is -2.11. The van der Waals surface area contributed by atoms with E-state index in [-0.39, 0.29) is 6.10 Å². The van der Waals surface area contributed by atoms with E-state index < -0.39 is 0 Å². The Bertz CT molecular complexity index is 402. The van der Waals surface area contributed by atoms with Gasteiger partial charge in [-0.1, -0.05) is 24.4 Å². The summed E-state index contributed by atoms with van der Waals surface area (Å²) in [6, 6.07) is 7.79. The van der Waals surface area contributed by atoms with E-state index in [0.717, 1.165) is 24.3 Å². The van der Waals surface area contributed by atoms with Crippen molar-refractivity contribution in [1.29, 1.82) is 0 Å². The van der Waals surface area contributed by atoms with E-state index in [4.69, 9.17) is 32.2 Å². The monoisotopic (exact) mass is 281 g/mol. The molecule has 0 bridgehead atoms. The summed E-state index contributed by atoms with van der Waals surface area (Å²) in [4.78, 5) is 0.501. The predicted molar refractivity (Wildman–Crippen MR) is 77.6 cm³/mol. The number of nitrogens with two attached hydrogens (primary N) is 1. The summed E-state index contributed by atoms with van der Waals surface area (Å²) in [6.07, 6.45) is 1.84. The van der Waals surface area contributed by atoms with Crippen molar-refractivity contribution in [2.45, 2.75) is 18.9 Å². The molecule has 0 spiro atoms. The fourth-order valence-electron chi connectivity index (χ4n) is 1.92. The first-order chi connectivity index (χ1) is 9.24. The predicted octanol–water partition coefficient (Wildman–Crippen LogP) is 1.70. The molecule has 104 valence electrons. The molecule has 0 radical (unpaired) electrons. The second kappa shape index (κ2) is 7.43. The van der Waals surface area contributed by atoms with Gasteiger partial charge < -0.3 is 19.9 Å². The highest BCUT2D eigenvalue weighted by atomic mass is 32.1. The van der Waals surface area contributed by atoms with Crippen LogP contribution in [-0.2, 0) is 15.9 Å². The third kappa shape index (κ3) is 5.14. The molecule has 19 heavy (non-hydrogen) atoms. The molecule has 1 aromatic carbocycles. The van der Waals surface area contributed by atoms with Gasteiger partial charge in [-0.05, 0) is 24.1 Å². The van der Waals surface area contributed by atoms with Crippen LogP contribution in [0, 0.1) is 0 Å². The van der Waals surface area contributed by atoms with Crippen LogP contribution >= 0.6 is 12.2 Å². The maximum Gasteiger partial charge on any atom is 0.119 e. The Kier molecular flexibility index (Phi) is 5.57. The van der Waals surface area contributed by atoms with Crippen molar-refractivity contribution in [2.75, 3.05) is 26.4 Å². The number of hydrogen-bond acceptors (Lipinski definition) is 4. The molecular weight excluding hydrogens is 262 g/mol. The quantitative estimate of drug-likeness (QED) is 0.609. The number of thiocarbonyl (C=S) groups is 1. The molecule has 0 aromatic heterocycles. The Morgan fingerprint density at radius 3 is 2.74 bits per heavy atom. The van der Waals surface area contributed by atoms with E-state index in [1.165, 1.54) is 0 Å². The highest BCUT2D eigenvalue weighted by molar-refractivity contribution is 7.80. The highest BCUT2D eigenvalue weighted by Crippen LogP contribution is 2.13. The van der Waals surface area contributed by atoms with Gasteiger partial charge in [-0.15, -0.1) is 0 Å². The molecule has 0 aliphatic carbocycles. The summed E-state index contributed by atoms with van der Waals surface area (Å²) in [5, 5.41) is 0. The van der Waals surface area contributed by atoms with Crippen LogP contribution in [0.5, 0.6) is 5.75 Å². The SMILES string of the molecule is NC(=S)Cc1ccc(OCCOC2CCOC2)cc1. The lowest BCUT2D eigenvalue weighted by atomic mass is 10.1. The van der Waals surface area contributed by atoms with Crippen LogP contribution in [0.25, 0.3) is 0 Å². The molecule has 1 atom stereocenters. The largest absolute Gasteiger partial charge is 0.491 e. The zero-order valence-corrected chi connectivity index (χ0v) is 11.7. The molecule has 1 aliphatic rings. The van der Waals surface area contributed by atoms with Gasteiger partial charge in [0.15, 0.2) is 0 Å². The molecule has 1 fully saturated rings. The van der Waals surface area contributed by atoms with Gasteiger partial charge in [0, 0.05) is 13.0 Å². The van der Waals surface area contributed by atoms with Gasteiger partial charge in [-0.25, -0.2) is 0 Å². The number of hydrogen-bond donors (Lipinski definition) is 1. The lowest BCUT2D eigenvalue weighted by Crippen LogP contribution is -2.17. The smallest absolute Gasteiger partial charge is 0.119 e. The Hall–Kier alpha value is -1.17. The molecule has 0 saturated carbocycles. The average Bonchev–Trinajstić information content (AvgIpc) is 2.89. The van der Waals surface area contributed by atoms with E-state index in [1.54, 1.807) is 0 Å². The van der Waals surface area contributed by atoms with Crippen molar-refractivity contribution in [3.05, 3.63) is 29.8 Å². The van der Waals surface area contributed by atoms with Gasteiger partial charge in [0.2, 0.25) is 0 Å².